The molecule has 0 fully saturated rings. The smallest absolute Gasteiger partial charge is 1.00 e. The molecule has 0 N–H and O–H groups in total. The molecule has 0 heterocycles. The third-order valence-electron chi connectivity index (χ3n) is 3.81. The van der Waals surface area contributed by atoms with Gasteiger partial charge in [0.15, 0.2) is 8.07 Å². The minimum Gasteiger partial charge on any atom is -1.00 e. The van der Waals surface area contributed by atoms with E-state index in [4.69, 9.17) is 6.42 Å². The van der Waals surface area contributed by atoms with Crippen LogP contribution in [0.1, 0.15) is 0 Å². The molecule has 0 unspecified atom stereocenters. The van der Waals surface area contributed by atoms with Gasteiger partial charge in [-0.15, -0.1) is 0 Å². The van der Waals surface area contributed by atoms with Crippen LogP contribution >= 0.6 is 0 Å². The minimum atomic E-state index is -2.48. The van der Waals surface area contributed by atoms with Crippen LogP contribution in [0.5, 0.6) is 0 Å². The van der Waals surface area contributed by atoms with E-state index in [9.17, 15) is 0 Å². The molecule has 0 spiro atoms. The number of hydrogen-bond donors (Lipinski definition) is 0. The maximum atomic E-state index is 8.13. The SMILES string of the molecule is [Br-].[C-]#C[Si](c1ccccc1)(c1ccccc1)c1ccccc1.[Mg+2]. The fourth-order valence-corrected chi connectivity index (χ4v) is 6.29. The van der Waals surface area contributed by atoms with Crippen molar-refractivity contribution in [3.05, 3.63) is 97.4 Å². The zero-order valence-electron chi connectivity index (χ0n) is 12.7. The van der Waals surface area contributed by atoms with Gasteiger partial charge < -0.3 is 28.9 Å². The van der Waals surface area contributed by atoms with Gasteiger partial charge in [-0.3, -0.25) is 0 Å². The monoisotopic (exact) mass is 386 g/mol. The second-order valence-corrected chi connectivity index (χ2v) is 8.46. The first kappa shape index (κ1) is 19.7. The first-order valence-corrected chi connectivity index (χ1v) is 8.98. The summed E-state index contributed by atoms with van der Waals surface area (Å²) in [5.74, 6) is 0. The van der Waals surface area contributed by atoms with Gasteiger partial charge in [0.05, 0.1) is 0 Å². The molecule has 3 aromatic carbocycles. The summed E-state index contributed by atoms with van der Waals surface area (Å²) in [6.07, 6.45) is 8.13. The van der Waals surface area contributed by atoms with Crippen molar-refractivity contribution < 1.29 is 17.0 Å². The van der Waals surface area contributed by atoms with Crippen LogP contribution in [0.25, 0.3) is 0 Å². The standard InChI is InChI=1S/C20H15Si.BrH.Mg/c1-2-21(18-12-6-3-7-13-18,19-14-8-4-9-15-19)20-16-10-5-11-17-20;;/h3-17H;1H;/q-1;;+2/p-1. The third-order valence-corrected chi connectivity index (χ3v) is 7.78. The Kier molecular flexibility index (Phi) is 7.80. The predicted molar refractivity (Wildman–Crippen MR) is 96.9 cm³/mol. The van der Waals surface area contributed by atoms with Gasteiger partial charge in [-0.1, -0.05) is 91.0 Å². The molecule has 0 aliphatic rings. The van der Waals surface area contributed by atoms with Crippen molar-refractivity contribution in [3.8, 4) is 5.54 Å². The van der Waals surface area contributed by atoms with Crippen LogP contribution in [0.2, 0.25) is 0 Å². The van der Waals surface area contributed by atoms with Gasteiger partial charge in [-0.2, -0.15) is 0 Å². The van der Waals surface area contributed by atoms with Crippen molar-refractivity contribution >= 4 is 46.7 Å². The molecule has 0 amide bonds. The summed E-state index contributed by atoms with van der Waals surface area (Å²) in [7, 11) is -2.48. The van der Waals surface area contributed by atoms with Crippen LogP contribution in [0, 0.1) is 12.0 Å². The van der Waals surface area contributed by atoms with Gasteiger partial charge in [0.1, 0.15) is 0 Å². The molecular weight excluding hydrogens is 373 g/mol. The summed E-state index contributed by atoms with van der Waals surface area (Å²) >= 11 is 0. The third kappa shape index (κ3) is 3.78. The summed E-state index contributed by atoms with van der Waals surface area (Å²) in [6.45, 7) is 0. The largest absolute Gasteiger partial charge is 2.00 e. The topological polar surface area (TPSA) is 0 Å². The number of benzene rings is 3. The second-order valence-electron chi connectivity index (χ2n) is 4.97. The van der Waals surface area contributed by atoms with Crippen LogP contribution in [0.4, 0.5) is 0 Å². The molecular formula is C20H15BrMgSi. The van der Waals surface area contributed by atoms with E-state index < -0.39 is 8.07 Å². The molecule has 0 nitrogen and oxygen atoms in total. The Balaban J connectivity index is 0.00000132. The van der Waals surface area contributed by atoms with Crippen molar-refractivity contribution in [2.45, 2.75) is 0 Å². The second kappa shape index (κ2) is 9.09. The maximum absolute atomic E-state index is 8.13. The Labute approximate surface area is 165 Å². The van der Waals surface area contributed by atoms with Crippen molar-refractivity contribution in [1.82, 2.24) is 0 Å². The molecule has 0 saturated heterocycles. The van der Waals surface area contributed by atoms with Crippen molar-refractivity contribution in [1.29, 1.82) is 0 Å². The molecule has 0 aliphatic carbocycles. The number of rotatable bonds is 3. The Bertz CT molecular complexity index is 655. The van der Waals surface area contributed by atoms with Gasteiger partial charge in [-0.05, 0) is 15.6 Å². The Morgan fingerprint density at radius 1 is 0.565 bits per heavy atom. The molecule has 0 aromatic heterocycles. The van der Waals surface area contributed by atoms with E-state index in [0.29, 0.717) is 0 Å². The van der Waals surface area contributed by atoms with E-state index >= 15 is 0 Å². The summed E-state index contributed by atoms with van der Waals surface area (Å²) < 4.78 is 0. The van der Waals surface area contributed by atoms with Crippen LogP contribution in [0.3, 0.4) is 0 Å². The van der Waals surface area contributed by atoms with E-state index in [1.165, 1.54) is 15.6 Å². The molecule has 0 saturated carbocycles. The summed E-state index contributed by atoms with van der Waals surface area (Å²) in [6, 6.07) is 31.0. The van der Waals surface area contributed by atoms with E-state index in [1.54, 1.807) is 0 Å². The van der Waals surface area contributed by atoms with Gasteiger partial charge in [0.2, 0.25) is 0 Å². The van der Waals surface area contributed by atoms with Crippen molar-refractivity contribution in [3.63, 3.8) is 0 Å². The average Bonchev–Trinajstić information content (AvgIpc) is 2.59. The van der Waals surface area contributed by atoms with Gasteiger partial charge in [0, 0.05) is 0 Å². The molecule has 0 bridgehead atoms. The quantitative estimate of drug-likeness (QED) is 0.232. The van der Waals surface area contributed by atoms with Crippen LogP contribution < -0.4 is 32.5 Å². The zero-order chi connectivity index (χ0) is 14.5. The van der Waals surface area contributed by atoms with Gasteiger partial charge in [-0.25, -0.2) is 0 Å². The molecule has 3 heteroatoms. The van der Waals surface area contributed by atoms with Gasteiger partial charge >= 0.3 is 23.1 Å². The van der Waals surface area contributed by atoms with Crippen molar-refractivity contribution in [2.75, 3.05) is 0 Å². The fourth-order valence-electron chi connectivity index (χ4n) is 2.78. The molecule has 0 radical (unpaired) electrons. The molecule has 3 rings (SSSR count). The number of halogens is 1. The van der Waals surface area contributed by atoms with E-state index in [0.717, 1.165) is 0 Å². The predicted octanol–water partition coefficient (Wildman–Crippen LogP) is -1.09. The normalized spacial score (nSPS) is 9.87. The summed E-state index contributed by atoms with van der Waals surface area (Å²) in [5, 5.41) is 3.58. The van der Waals surface area contributed by atoms with E-state index in [1.807, 2.05) is 54.6 Å². The zero-order valence-corrected chi connectivity index (χ0v) is 16.7. The number of hydrogen-bond acceptors (Lipinski definition) is 0. The van der Waals surface area contributed by atoms with Crippen LogP contribution in [-0.2, 0) is 0 Å². The summed E-state index contributed by atoms with van der Waals surface area (Å²) in [4.78, 5) is 0. The first-order valence-electron chi connectivity index (χ1n) is 6.98. The van der Waals surface area contributed by atoms with Crippen LogP contribution in [-0.4, -0.2) is 31.1 Å². The fraction of sp³-hybridized carbons (Fsp3) is 0. The molecule has 108 valence electrons. The van der Waals surface area contributed by atoms with Crippen molar-refractivity contribution in [2.24, 2.45) is 0 Å². The molecule has 3 aromatic rings. The Hall–Kier alpha value is -1.32. The summed E-state index contributed by atoms with van der Waals surface area (Å²) in [5.41, 5.74) is 2.95. The first-order chi connectivity index (χ1) is 10.4. The van der Waals surface area contributed by atoms with E-state index in [2.05, 4.69) is 41.9 Å². The van der Waals surface area contributed by atoms with E-state index in [-0.39, 0.29) is 40.0 Å². The molecule has 0 aliphatic heterocycles. The average molecular weight is 388 g/mol. The maximum Gasteiger partial charge on any atom is 2.00 e. The molecule has 23 heavy (non-hydrogen) atoms. The molecule has 0 atom stereocenters. The van der Waals surface area contributed by atoms with Gasteiger partial charge in [0.25, 0.3) is 0 Å². The Morgan fingerprint density at radius 2 is 0.826 bits per heavy atom. The Morgan fingerprint density at radius 3 is 1.04 bits per heavy atom. The van der Waals surface area contributed by atoms with Crippen LogP contribution in [0.15, 0.2) is 91.0 Å². The minimum absolute atomic E-state index is 0.